The van der Waals surface area contributed by atoms with Crippen molar-refractivity contribution in [2.45, 2.75) is 495 Å². The molecule has 3 N–H and O–H groups in total. The Labute approximate surface area is 559 Å². The molecule has 0 spiro atoms. The van der Waals surface area contributed by atoms with Crippen LogP contribution in [-0.2, 0) is 14.3 Å². The van der Waals surface area contributed by atoms with E-state index in [4.69, 9.17) is 4.74 Å². The smallest absolute Gasteiger partial charge is 0.305 e. The molecule has 0 aliphatic rings. The highest BCUT2D eigenvalue weighted by molar-refractivity contribution is 5.76. The lowest BCUT2D eigenvalue weighted by Crippen LogP contribution is -2.45. The van der Waals surface area contributed by atoms with Crippen LogP contribution >= 0.6 is 0 Å². The lowest BCUT2D eigenvalue weighted by molar-refractivity contribution is -0.143. The van der Waals surface area contributed by atoms with Crippen molar-refractivity contribution in [3.05, 3.63) is 12.2 Å². The lowest BCUT2D eigenvalue weighted by atomic mass is 10.0. The Morgan fingerprint density at radius 2 is 0.528 bits per heavy atom. The average molecular weight is 1260 g/mol. The zero-order valence-electron chi connectivity index (χ0n) is 61.0. The monoisotopic (exact) mass is 1250 g/mol. The second-order valence-electron chi connectivity index (χ2n) is 28.8. The summed E-state index contributed by atoms with van der Waals surface area (Å²) in [5, 5.41) is 23.4. The number of aliphatic hydroxyl groups is 2. The molecule has 0 saturated carbocycles. The van der Waals surface area contributed by atoms with Crippen LogP contribution in [0.25, 0.3) is 0 Å². The summed E-state index contributed by atoms with van der Waals surface area (Å²) >= 11 is 0. The van der Waals surface area contributed by atoms with E-state index < -0.39 is 12.1 Å². The molecule has 1 amide bonds. The highest BCUT2D eigenvalue weighted by Crippen LogP contribution is 2.21. The number of esters is 1. The van der Waals surface area contributed by atoms with E-state index in [1.807, 2.05) is 0 Å². The third-order valence-electron chi connectivity index (χ3n) is 19.8. The van der Waals surface area contributed by atoms with Crippen LogP contribution in [0.3, 0.4) is 0 Å². The number of hydrogen-bond donors (Lipinski definition) is 3. The fourth-order valence-corrected chi connectivity index (χ4v) is 13.5. The molecule has 0 saturated heterocycles. The standard InChI is InChI=1S/C83H163NO5/c1-3-5-7-9-11-13-15-17-19-20-42-45-48-51-55-59-63-67-71-75-81(86)80(79-85)84-82(87)76-72-68-64-60-56-52-49-46-43-40-38-36-34-32-30-28-26-24-22-21-23-25-27-29-31-33-35-37-39-41-44-47-50-54-58-62-66-70-74-78-89-83(88)77-73-69-65-61-57-53-18-16-14-12-10-8-6-4-2/h21-22,80-81,85-86H,3-20,23-79H2,1-2H3,(H,84,87)/b22-21-. The van der Waals surface area contributed by atoms with Gasteiger partial charge in [0.25, 0.3) is 0 Å². The summed E-state index contributed by atoms with van der Waals surface area (Å²) < 4.78 is 5.50. The minimum Gasteiger partial charge on any atom is -0.466 e. The number of allylic oxidation sites excluding steroid dienone is 2. The maximum atomic E-state index is 12.6. The number of aliphatic hydroxyl groups excluding tert-OH is 2. The van der Waals surface area contributed by atoms with Gasteiger partial charge in [-0.25, -0.2) is 0 Å². The van der Waals surface area contributed by atoms with Gasteiger partial charge in [-0.15, -0.1) is 0 Å². The van der Waals surface area contributed by atoms with Gasteiger partial charge in [-0.05, 0) is 51.4 Å². The largest absolute Gasteiger partial charge is 0.466 e. The van der Waals surface area contributed by atoms with E-state index in [1.165, 1.54) is 411 Å². The molecule has 2 atom stereocenters. The van der Waals surface area contributed by atoms with Gasteiger partial charge < -0.3 is 20.3 Å². The molecule has 0 aromatic rings. The van der Waals surface area contributed by atoms with E-state index in [1.54, 1.807) is 0 Å². The lowest BCUT2D eigenvalue weighted by Gasteiger charge is -2.22. The Morgan fingerprint density at radius 1 is 0.303 bits per heavy atom. The van der Waals surface area contributed by atoms with Crippen LogP contribution < -0.4 is 5.32 Å². The predicted molar refractivity (Wildman–Crippen MR) is 394 cm³/mol. The van der Waals surface area contributed by atoms with Gasteiger partial charge in [0.15, 0.2) is 0 Å². The summed E-state index contributed by atoms with van der Waals surface area (Å²) in [5.41, 5.74) is 0. The molecule has 0 radical (unpaired) electrons. The van der Waals surface area contributed by atoms with Crippen LogP contribution in [-0.4, -0.2) is 47.4 Å². The van der Waals surface area contributed by atoms with Gasteiger partial charge in [-0.3, -0.25) is 9.59 Å². The summed E-state index contributed by atoms with van der Waals surface area (Å²) in [4.78, 5) is 24.6. The second kappa shape index (κ2) is 79.0. The Hall–Kier alpha value is -1.40. The van der Waals surface area contributed by atoms with Crippen molar-refractivity contribution in [1.82, 2.24) is 5.32 Å². The second-order valence-corrected chi connectivity index (χ2v) is 28.8. The van der Waals surface area contributed by atoms with Gasteiger partial charge in [0.1, 0.15) is 0 Å². The van der Waals surface area contributed by atoms with E-state index in [0.717, 1.165) is 38.5 Å². The quantitative estimate of drug-likeness (QED) is 0.0320. The number of ether oxygens (including phenoxy) is 1. The van der Waals surface area contributed by atoms with Gasteiger partial charge in [-0.2, -0.15) is 0 Å². The first-order valence-electron chi connectivity index (χ1n) is 41.4. The zero-order chi connectivity index (χ0) is 64.2. The molecule has 0 aliphatic heterocycles. The molecule has 6 nitrogen and oxygen atoms in total. The predicted octanol–water partition coefficient (Wildman–Crippen LogP) is 27.4. The molecule has 0 fully saturated rings. The van der Waals surface area contributed by atoms with Crippen LogP contribution in [0, 0.1) is 0 Å². The van der Waals surface area contributed by atoms with E-state index in [-0.39, 0.29) is 18.5 Å². The normalized spacial score (nSPS) is 12.4. The number of carbonyl (C=O) groups excluding carboxylic acids is 2. The molecule has 0 aromatic carbocycles. The molecule has 0 aliphatic carbocycles. The maximum Gasteiger partial charge on any atom is 0.305 e. The fraction of sp³-hybridized carbons (Fsp3) is 0.952. The number of amides is 1. The molecular formula is C83H163NO5. The van der Waals surface area contributed by atoms with E-state index >= 15 is 0 Å². The first-order valence-corrected chi connectivity index (χ1v) is 41.4. The molecule has 0 bridgehead atoms. The summed E-state index contributed by atoms with van der Waals surface area (Å²) in [6.07, 6.45) is 100. The van der Waals surface area contributed by atoms with Crippen molar-refractivity contribution in [3.8, 4) is 0 Å². The van der Waals surface area contributed by atoms with Gasteiger partial charge in [0, 0.05) is 12.8 Å². The van der Waals surface area contributed by atoms with Crippen molar-refractivity contribution >= 4 is 11.9 Å². The molecule has 530 valence electrons. The minimum atomic E-state index is -0.661. The number of carbonyl (C=O) groups is 2. The third kappa shape index (κ3) is 75.5. The van der Waals surface area contributed by atoms with Crippen LogP contribution in [0.1, 0.15) is 483 Å². The molecular weight excluding hydrogens is 1090 g/mol. The van der Waals surface area contributed by atoms with E-state index in [2.05, 4.69) is 31.3 Å². The first-order chi connectivity index (χ1) is 44.0. The van der Waals surface area contributed by atoms with Gasteiger partial charge >= 0.3 is 5.97 Å². The zero-order valence-corrected chi connectivity index (χ0v) is 61.0. The van der Waals surface area contributed by atoms with Crippen LogP contribution in [0.2, 0.25) is 0 Å². The Bertz CT molecular complexity index is 1350. The first kappa shape index (κ1) is 87.6. The Morgan fingerprint density at radius 3 is 0.798 bits per heavy atom. The fourth-order valence-electron chi connectivity index (χ4n) is 13.5. The molecule has 6 heteroatoms. The SMILES string of the molecule is CCCCCCCCCCCCCCCCCCCCCC(O)C(CO)NC(=O)CCCCCCCCCCCCCCCCCCC/C=C\CCCCCCCCCCCCCCCCCCCCOC(=O)CCCCCCCCCCCCCCCC. The highest BCUT2D eigenvalue weighted by Gasteiger charge is 2.20. The van der Waals surface area contributed by atoms with Crippen molar-refractivity contribution in [2.75, 3.05) is 13.2 Å². The molecule has 0 rings (SSSR count). The van der Waals surface area contributed by atoms with Crippen molar-refractivity contribution in [2.24, 2.45) is 0 Å². The van der Waals surface area contributed by atoms with Gasteiger partial charge in [-0.1, -0.05) is 431 Å². The summed E-state index contributed by atoms with van der Waals surface area (Å²) in [5.74, 6) is 0.000759. The number of unbranched alkanes of at least 4 members (excludes halogenated alkanes) is 66. The van der Waals surface area contributed by atoms with Crippen LogP contribution in [0.15, 0.2) is 12.2 Å². The van der Waals surface area contributed by atoms with Gasteiger partial charge in [0.05, 0.1) is 25.4 Å². The Kier molecular flexibility index (Phi) is 77.8. The molecule has 2 unspecified atom stereocenters. The van der Waals surface area contributed by atoms with Crippen molar-refractivity contribution in [1.29, 1.82) is 0 Å². The molecule has 0 aromatic heterocycles. The van der Waals surface area contributed by atoms with Crippen molar-refractivity contribution < 1.29 is 24.5 Å². The van der Waals surface area contributed by atoms with Gasteiger partial charge in [0.2, 0.25) is 5.91 Å². The maximum absolute atomic E-state index is 12.6. The van der Waals surface area contributed by atoms with E-state index in [0.29, 0.717) is 25.9 Å². The molecule has 89 heavy (non-hydrogen) atoms. The average Bonchev–Trinajstić information content (AvgIpc) is 3.62. The minimum absolute atomic E-state index is 0.0252. The summed E-state index contributed by atoms with van der Waals surface area (Å²) in [6.45, 7) is 5.02. The van der Waals surface area contributed by atoms with Crippen LogP contribution in [0.5, 0.6) is 0 Å². The third-order valence-corrected chi connectivity index (χ3v) is 19.8. The topological polar surface area (TPSA) is 95.9 Å². The Balaban J connectivity index is 3.31. The highest BCUT2D eigenvalue weighted by atomic mass is 16.5. The van der Waals surface area contributed by atoms with Crippen molar-refractivity contribution in [3.63, 3.8) is 0 Å². The summed E-state index contributed by atoms with van der Waals surface area (Å²) in [6, 6.07) is -0.538. The van der Waals surface area contributed by atoms with E-state index in [9.17, 15) is 19.8 Å². The molecule has 0 heterocycles. The van der Waals surface area contributed by atoms with Crippen LogP contribution in [0.4, 0.5) is 0 Å². The number of hydrogen-bond acceptors (Lipinski definition) is 5. The number of nitrogens with one attached hydrogen (secondary N) is 1. The number of rotatable bonds is 79. The summed E-state index contributed by atoms with van der Waals surface area (Å²) in [7, 11) is 0.